The lowest BCUT2D eigenvalue weighted by Gasteiger charge is -2.34. The van der Waals surface area contributed by atoms with Crippen molar-refractivity contribution in [2.45, 2.75) is 65.0 Å². The maximum absolute atomic E-state index is 11.8. The van der Waals surface area contributed by atoms with Crippen molar-refractivity contribution < 1.29 is 9.53 Å². The molecule has 0 radical (unpaired) electrons. The molecule has 16 heavy (non-hydrogen) atoms. The quantitative estimate of drug-likeness (QED) is 0.750. The van der Waals surface area contributed by atoms with Gasteiger partial charge in [0.25, 0.3) is 0 Å². The fourth-order valence-corrected chi connectivity index (χ4v) is 2.23. The second kappa shape index (κ2) is 5.67. The van der Waals surface area contributed by atoms with Crippen LogP contribution in [0.4, 0.5) is 0 Å². The highest BCUT2D eigenvalue weighted by Gasteiger charge is 2.29. The predicted molar refractivity (Wildman–Crippen MR) is 65.3 cm³/mol. The SMILES string of the molecule is CCC(NC)C(=O)OC1CCC(C)(C)CC1. The zero-order chi connectivity index (χ0) is 12.2. The summed E-state index contributed by atoms with van der Waals surface area (Å²) in [7, 11) is 1.80. The van der Waals surface area contributed by atoms with Gasteiger partial charge < -0.3 is 10.1 Å². The second-order valence-corrected chi connectivity index (χ2v) is 5.55. The molecule has 0 aromatic carbocycles. The van der Waals surface area contributed by atoms with Gasteiger partial charge in [0.1, 0.15) is 12.1 Å². The van der Waals surface area contributed by atoms with E-state index in [2.05, 4.69) is 19.2 Å². The molecule has 0 aromatic rings. The van der Waals surface area contributed by atoms with Crippen LogP contribution >= 0.6 is 0 Å². The summed E-state index contributed by atoms with van der Waals surface area (Å²) in [5.74, 6) is -0.0882. The molecule has 1 aliphatic rings. The molecule has 3 nitrogen and oxygen atoms in total. The van der Waals surface area contributed by atoms with Gasteiger partial charge in [-0.05, 0) is 44.6 Å². The van der Waals surface area contributed by atoms with Crippen LogP contribution in [0, 0.1) is 5.41 Å². The highest BCUT2D eigenvalue weighted by Crippen LogP contribution is 2.36. The monoisotopic (exact) mass is 227 g/mol. The highest BCUT2D eigenvalue weighted by atomic mass is 16.5. The Kier molecular flexibility index (Phi) is 4.78. The normalized spacial score (nSPS) is 22.8. The first-order valence-corrected chi connectivity index (χ1v) is 6.36. The number of esters is 1. The Hall–Kier alpha value is -0.570. The Morgan fingerprint density at radius 2 is 2.00 bits per heavy atom. The van der Waals surface area contributed by atoms with Gasteiger partial charge in [-0.15, -0.1) is 0 Å². The number of rotatable bonds is 4. The first kappa shape index (κ1) is 13.5. The van der Waals surface area contributed by atoms with Crippen LogP contribution in [-0.2, 0) is 9.53 Å². The summed E-state index contributed by atoms with van der Waals surface area (Å²) in [6, 6.07) is -0.144. The molecular formula is C13H25NO2. The summed E-state index contributed by atoms with van der Waals surface area (Å²) < 4.78 is 5.53. The summed E-state index contributed by atoms with van der Waals surface area (Å²) in [6.07, 6.45) is 5.26. The summed E-state index contributed by atoms with van der Waals surface area (Å²) in [5, 5.41) is 2.98. The zero-order valence-electron chi connectivity index (χ0n) is 11.0. The van der Waals surface area contributed by atoms with Gasteiger partial charge in [-0.1, -0.05) is 20.8 Å². The minimum atomic E-state index is -0.144. The molecule has 1 N–H and O–H groups in total. The lowest BCUT2D eigenvalue weighted by Crippen LogP contribution is -2.38. The van der Waals surface area contributed by atoms with Gasteiger partial charge >= 0.3 is 5.97 Å². The standard InChI is InChI=1S/C13H25NO2/c1-5-11(14-4)12(15)16-10-6-8-13(2,3)9-7-10/h10-11,14H,5-9H2,1-4H3. The van der Waals surface area contributed by atoms with E-state index >= 15 is 0 Å². The van der Waals surface area contributed by atoms with Gasteiger partial charge in [-0.3, -0.25) is 4.79 Å². The molecule has 1 saturated carbocycles. The van der Waals surface area contributed by atoms with E-state index < -0.39 is 0 Å². The van der Waals surface area contributed by atoms with Crippen LogP contribution in [-0.4, -0.2) is 25.2 Å². The van der Waals surface area contributed by atoms with E-state index in [0.717, 1.165) is 32.1 Å². The first-order valence-electron chi connectivity index (χ1n) is 6.36. The Morgan fingerprint density at radius 1 is 1.44 bits per heavy atom. The van der Waals surface area contributed by atoms with Crippen molar-refractivity contribution in [1.82, 2.24) is 5.32 Å². The van der Waals surface area contributed by atoms with Crippen LogP contribution in [0.15, 0.2) is 0 Å². The average Bonchev–Trinajstić information content (AvgIpc) is 2.23. The molecule has 1 fully saturated rings. The van der Waals surface area contributed by atoms with Gasteiger partial charge in [0.05, 0.1) is 0 Å². The molecular weight excluding hydrogens is 202 g/mol. The van der Waals surface area contributed by atoms with Crippen molar-refractivity contribution in [3.05, 3.63) is 0 Å². The van der Waals surface area contributed by atoms with E-state index in [1.807, 2.05) is 6.92 Å². The van der Waals surface area contributed by atoms with Crippen LogP contribution in [0.2, 0.25) is 0 Å². The molecule has 94 valence electrons. The topological polar surface area (TPSA) is 38.3 Å². The number of carbonyl (C=O) groups is 1. The Bertz CT molecular complexity index is 224. The van der Waals surface area contributed by atoms with Crippen molar-refractivity contribution >= 4 is 5.97 Å². The number of hydrogen-bond acceptors (Lipinski definition) is 3. The Morgan fingerprint density at radius 3 is 2.44 bits per heavy atom. The molecule has 1 unspecified atom stereocenters. The predicted octanol–water partition coefficient (Wildman–Crippen LogP) is 2.50. The van der Waals surface area contributed by atoms with Crippen molar-refractivity contribution in [2.24, 2.45) is 5.41 Å². The summed E-state index contributed by atoms with van der Waals surface area (Å²) >= 11 is 0. The van der Waals surface area contributed by atoms with E-state index in [1.54, 1.807) is 7.05 Å². The molecule has 0 amide bonds. The molecule has 0 aromatic heterocycles. The average molecular weight is 227 g/mol. The number of ether oxygens (including phenoxy) is 1. The lowest BCUT2D eigenvalue weighted by atomic mass is 9.76. The molecule has 1 rings (SSSR count). The second-order valence-electron chi connectivity index (χ2n) is 5.55. The highest BCUT2D eigenvalue weighted by molar-refractivity contribution is 5.75. The third kappa shape index (κ3) is 3.78. The van der Waals surface area contributed by atoms with E-state index in [1.165, 1.54) is 0 Å². The summed E-state index contributed by atoms with van der Waals surface area (Å²) in [5.41, 5.74) is 0.427. The Balaban J connectivity index is 2.36. The van der Waals surface area contributed by atoms with Crippen molar-refractivity contribution in [2.75, 3.05) is 7.05 Å². The zero-order valence-corrected chi connectivity index (χ0v) is 11.0. The van der Waals surface area contributed by atoms with Crippen LogP contribution in [0.5, 0.6) is 0 Å². The first-order chi connectivity index (χ1) is 7.48. The van der Waals surface area contributed by atoms with E-state index in [4.69, 9.17) is 4.74 Å². The third-order valence-electron chi connectivity index (χ3n) is 3.61. The van der Waals surface area contributed by atoms with Crippen molar-refractivity contribution in [3.63, 3.8) is 0 Å². The lowest BCUT2D eigenvalue weighted by molar-refractivity contribution is -0.154. The van der Waals surface area contributed by atoms with E-state index in [-0.39, 0.29) is 18.1 Å². The largest absolute Gasteiger partial charge is 0.461 e. The van der Waals surface area contributed by atoms with Crippen molar-refractivity contribution in [1.29, 1.82) is 0 Å². The fourth-order valence-electron chi connectivity index (χ4n) is 2.23. The van der Waals surface area contributed by atoms with E-state index in [0.29, 0.717) is 5.41 Å². The molecule has 0 heterocycles. The summed E-state index contributed by atoms with van der Waals surface area (Å²) in [4.78, 5) is 11.8. The molecule has 0 spiro atoms. The van der Waals surface area contributed by atoms with E-state index in [9.17, 15) is 4.79 Å². The Labute approximate surface area is 98.9 Å². The fraction of sp³-hybridized carbons (Fsp3) is 0.923. The van der Waals surface area contributed by atoms with Crippen LogP contribution in [0.3, 0.4) is 0 Å². The van der Waals surface area contributed by atoms with Crippen LogP contribution in [0.1, 0.15) is 52.9 Å². The number of nitrogens with one attached hydrogen (secondary N) is 1. The van der Waals surface area contributed by atoms with Gasteiger partial charge in [0.15, 0.2) is 0 Å². The number of hydrogen-bond donors (Lipinski definition) is 1. The molecule has 0 bridgehead atoms. The number of likely N-dealkylation sites (N-methyl/N-ethyl adjacent to an activating group) is 1. The smallest absolute Gasteiger partial charge is 0.323 e. The van der Waals surface area contributed by atoms with Gasteiger partial charge in [-0.2, -0.15) is 0 Å². The molecule has 3 heteroatoms. The molecule has 0 saturated heterocycles. The number of carbonyl (C=O) groups excluding carboxylic acids is 1. The third-order valence-corrected chi connectivity index (χ3v) is 3.61. The maximum Gasteiger partial charge on any atom is 0.323 e. The van der Waals surface area contributed by atoms with Crippen LogP contribution in [0.25, 0.3) is 0 Å². The summed E-state index contributed by atoms with van der Waals surface area (Å²) in [6.45, 7) is 6.56. The minimum absolute atomic E-state index is 0.0882. The maximum atomic E-state index is 11.8. The minimum Gasteiger partial charge on any atom is -0.461 e. The van der Waals surface area contributed by atoms with Gasteiger partial charge in [0, 0.05) is 0 Å². The van der Waals surface area contributed by atoms with Crippen molar-refractivity contribution in [3.8, 4) is 0 Å². The van der Waals surface area contributed by atoms with Gasteiger partial charge in [-0.25, -0.2) is 0 Å². The van der Waals surface area contributed by atoms with Crippen LogP contribution < -0.4 is 5.32 Å². The molecule has 1 aliphatic carbocycles. The molecule has 0 aliphatic heterocycles. The van der Waals surface area contributed by atoms with Gasteiger partial charge in [0.2, 0.25) is 0 Å². The molecule has 1 atom stereocenters.